The maximum atomic E-state index is 12.9. The van der Waals surface area contributed by atoms with Gasteiger partial charge in [-0.3, -0.25) is 14.6 Å². The molecular weight excluding hydrogens is 369 g/mol. The number of amidine groups is 1. The van der Waals surface area contributed by atoms with Gasteiger partial charge in [0, 0.05) is 12.1 Å². The van der Waals surface area contributed by atoms with Crippen molar-refractivity contribution in [2.75, 3.05) is 12.4 Å². The number of benzene rings is 2. The van der Waals surface area contributed by atoms with Gasteiger partial charge in [0.25, 0.3) is 0 Å². The minimum Gasteiger partial charge on any atom is -0.497 e. The molecule has 2 aromatic rings. The van der Waals surface area contributed by atoms with Crippen LogP contribution in [0.25, 0.3) is 0 Å². The molecule has 1 atom stereocenters. The van der Waals surface area contributed by atoms with Gasteiger partial charge in [-0.25, -0.2) is 4.39 Å². The number of rotatable bonds is 6. The number of hydrogen-bond donors (Lipinski definition) is 2. The highest BCUT2D eigenvalue weighted by Crippen LogP contribution is 2.24. The van der Waals surface area contributed by atoms with Crippen molar-refractivity contribution in [2.45, 2.75) is 18.2 Å². The van der Waals surface area contributed by atoms with Crippen LogP contribution in [0.1, 0.15) is 12.0 Å². The van der Waals surface area contributed by atoms with Crippen LogP contribution in [0, 0.1) is 5.82 Å². The van der Waals surface area contributed by atoms with Crippen molar-refractivity contribution in [2.24, 2.45) is 4.99 Å². The van der Waals surface area contributed by atoms with Gasteiger partial charge < -0.3 is 15.4 Å². The number of aliphatic imine (C=N–C) groups is 1. The zero-order chi connectivity index (χ0) is 19.2. The molecule has 27 heavy (non-hydrogen) atoms. The van der Waals surface area contributed by atoms with Crippen LogP contribution < -0.4 is 15.4 Å². The molecule has 1 fully saturated rings. The van der Waals surface area contributed by atoms with E-state index in [1.165, 1.54) is 23.9 Å². The smallest absolute Gasteiger partial charge is 0.240 e. The van der Waals surface area contributed by atoms with Gasteiger partial charge in [-0.2, -0.15) is 0 Å². The third-order valence-electron chi connectivity index (χ3n) is 3.84. The minimum atomic E-state index is -0.532. The molecule has 0 aliphatic carbocycles. The number of halogens is 1. The standard InChI is InChI=1S/C19H18FN3O3S/c1-26-15-8-6-14(7-9-15)22-17(24)10-16-18(25)23-19(27-16)21-11-12-2-4-13(20)5-3-12/h2-9,16H,10-11H2,1H3,(H,22,24)(H,21,23,25)/t16-/m0/s1. The van der Waals surface area contributed by atoms with E-state index in [9.17, 15) is 14.0 Å². The molecule has 2 N–H and O–H groups in total. The number of carbonyl (C=O) groups excluding carboxylic acids is 2. The number of thioether (sulfide) groups is 1. The van der Waals surface area contributed by atoms with Crippen LogP contribution >= 0.6 is 11.8 Å². The molecule has 0 radical (unpaired) electrons. The van der Waals surface area contributed by atoms with Crippen molar-refractivity contribution in [3.8, 4) is 5.75 Å². The predicted octanol–water partition coefficient (Wildman–Crippen LogP) is 2.95. The zero-order valence-electron chi connectivity index (χ0n) is 14.6. The van der Waals surface area contributed by atoms with E-state index in [4.69, 9.17) is 4.74 Å². The fourth-order valence-corrected chi connectivity index (χ4v) is 3.39. The Hall–Kier alpha value is -2.87. The minimum absolute atomic E-state index is 0.0398. The van der Waals surface area contributed by atoms with Crippen molar-refractivity contribution >= 4 is 34.4 Å². The third kappa shape index (κ3) is 5.30. The zero-order valence-corrected chi connectivity index (χ0v) is 15.4. The summed E-state index contributed by atoms with van der Waals surface area (Å²) in [5.41, 5.74) is 1.47. The maximum Gasteiger partial charge on any atom is 0.240 e. The molecule has 0 bridgehead atoms. The highest BCUT2D eigenvalue weighted by atomic mass is 32.2. The van der Waals surface area contributed by atoms with Gasteiger partial charge in [-0.15, -0.1) is 0 Å². The molecule has 140 valence electrons. The van der Waals surface area contributed by atoms with Gasteiger partial charge in [-0.1, -0.05) is 23.9 Å². The maximum absolute atomic E-state index is 12.9. The summed E-state index contributed by atoms with van der Waals surface area (Å²) in [7, 11) is 1.57. The number of nitrogens with zero attached hydrogens (tertiary/aromatic N) is 1. The lowest BCUT2D eigenvalue weighted by molar-refractivity contribution is -0.122. The lowest BCUT2D eigenvalue weighted by Gasteiger charge is -2.08. The second-order valence-electron chi connectivity index (χ2n) is 5.82. The molecule has 0 aromatic heterocycles. The van der Waals surface area contributed by atoms with Crippen molar-refractivity contribution in [3.05, 3.63) is 59.9 Å². The quantitative estimate of drug-likeness (QED) is 0.799. The van der Waals surface area contributed by atoms with Crippen molar-refractivity contribution < 1.29 is 18.7 Å². The second-order valence-corrected chi connectivity index (χ2v) is 7.02. The molecule has 3 rings (SSSR count). The SMILES string of the molecule is COc1ccc(NC(=O)C[C@@H]2SC(=NCc3ccc(F)cc3)NC2=O)cc1. The summed E-state index contributed by atoms with van der Waals surface area (Å²) in [6.07, 6.45) is 0.0398. The average Bonchev–Trinajstić information content (AvgIpc) is 3.01. The number of anilines is 1. The molecule has 0 unspecified atom stereocenters. The molecule has 6 nitrogen and oxygen atoms in total. The van der Waals surface area contributed by atoms with E-state index in [0.29, 0.717) is 23.1 Å². The molecule has 1 heterocycles. The van der Waals surface area contributed by atoms with Crippen LogP contribution in [-0.2, 0) is 16.1 Å². The first-order valence-corrected chi connectivity index (χ1v) is 9.12. The molecule has 2 amide bonds. The van der Waals surface area contributed by atoms with E-state index >= 15 is 0 Å². The van der Waals surface area contributed by atoms with E-state index in [1.54, 1.807) is 43.5 Å². The van der Waals surface area contributed by atoms with Crippen molar-refractivity contribution in [3.63, 3.8) is 0 Å². The molecule has 0 spiro atoms. The number of carbonyl (C=O) groups is 2. The van der Waals surface area contributed by atoms with Crippen molar-refractivity contribution in [1.29, 1.82) is 0 Å². The predicted molar refractivity (Wildman–Crippen MR) is 103 cm³/mol. The summed E-state index contributed by atoms with van der Waals surface area (Å²) in [5.74, 6) is -0.117. The van der Waals surface area contributed by atoms with E-state index in [0.717, 1.165) is 5.56 Å². The van der Waals surface area contributed by atoms with Crippen molar-refractivity contribution in [1.82, 2.24) is 5.32 Å². The Morgan fingerprint density at radius 1 is 1.22 bits per heavy atom. The lowest BCUT2D eigenvalue weighted by atomic mass is 10.2. The highest BCUT2D eigenvalue weighted by molar-refractivity contribution is 8.15. The number of methoxy groups -OCH3 is 1. The van der Waals surface area contributed by atoms with E-state index < -0.39 is 5.25 Å². The van der Waals surface area contributed by atoms with Gasteiger partial charge in [-0.05, 0) is 42.0 Å². The summed E-state index contributed by atoms with van der Waals surface area (Å²) in [4.78, 5) is 28.5. The summed E-state index contributed by atoms with van der Waals surface area (Å²) in [6.45, 7) is 0.327. The number of amides is 2. The Morgan fingerprint density at radius 2 is 1.93 bits per heavy atom. The first-order valence-electron chi connectivity index (χ1n) is 8.24. The first kappa shape index (κ1) is 18.9. The Labute approximate surface area is 160 Å². The topological polar surface area (TPSA) is 79.8 Å². The molecular formula is C19H18FN3O3S. The van der Waals surface area contributed by atoms with E-state index in [-0.39, 0.29) is 24.1 Å². The summed E-state index contributed by atoms with van der Waals surface area (Å²) < 4.78 is 18.0. The van der Waals surface area contributed by atoms with Crippen LogP contribution in [0.2, 0.25) is 0 Å². The van der Waals surface area contributed by atoms with Gasteiger partial charge >= 0.3 is 0 Å². The van der Waals surface area contributed by atoms with Gasteiger partial charge in [0.1, 0.15) is 16.8 Å². The summed E-state index contributed by atoms with van der Waals surface area (Å²) >= 11 is 1.22. The van der Waals surface area contributed by atoms with Crippen LogP contribution in [0.4, 0.5) is 10.1 Å². The Kier molecular flexibility index (Phi) is 6.08. The molecule has 2 aromatic carbocycles. The van der Waals surface area contributed by atoms with Crippen LogP contribution in [0.15, 0.2) is 53.5 Å². The monoisotopic (exact) mass is 387 g/mol. The molecule has 1 saturated heterocycles. The first-order chi connectivity index (χ1) is 13.0. The Morgan fingerprint density at radius 3 is 2.59 bits per heavy atom. The van der Waals surface area contributed by atoms with Crippen LogP contribution in [0.3, 0.4) is 0 Å². The van der Waals surface area contributed by atoms with E-state index in [2.05, 4.69) is 15.6 Å². The van der Waals surface area contributed by atoms with Gasteiger partial charge in [0.05, 0.1) is 13.7 Å². The summed E-state index contributed by atoms with van der Waals surface area (Å²) in [5, 5.41) is 5.36. The normalized spacial score (nSPS) is 17.6. The summed E-state index contributed by atoms with van der Waals surface area (Å²) in [6, 6.07) is 13.0. The fraction of sp³-hybridized carbons (Fsp3) is 0.211. The molecule has 1 aliphatic rings. The second kappa shape index (κ2) is 8.68. The van der Waals surface area contributed by atoms with Crippen LogP contribution in [-0.4, -0.2) is 29.3 Å². The number of ether oxygens (including phenoxy) is 1. The molecule has 1 aliphatic heterocycles. The lowest BCUT2D eigenvalue weighted by Crippen LogP contribution is -2.28. The van der Waals surface area contributed by atoms with Gasteiger partial charge in [0.15, 0.2) is 5.17 Å². The molecule has 0 saturated carbocycles. The van der Waals surface area contributed by atoms with Crippen LogP contribution in [0.5, 0.6) is 5.75 Å². The van der Waals surface area contributed by atoms with Gasteiger partial charge in [0.2, 0.25) is 11.8 Å². The van der Waals surface area contributed by atoms with E-state index in [1.807, 2.05) is 0 Å². The Balaban J connectivity index is 1.52. The Bertz CT molecular complexity index is 854. The largest absolute Gasteiger partial charge is 0.497 e. The average molecular weight is 387 g/mol. The number of nitrogens with one attached hydrogen (secondary N) is 2. The fourth-order valence-electron chi connectivity index (χ4n) is 2.42. The third-order valence-corrected chi connectivity index (χ3v) is 4.96. The molecule has 8 heteroatoms. The highest BCUT2D eigenvalue weighted by Gasteiger charge is 2.31. The number of hydrogen-bond acceptors (Lipinski definition) is 5.